The molecule has 1 saturated heterocycles. The Hall–Kier alpha value is -2.72. The molecule has 1 fully saturated rings. The van der Waals surface area contributed by atoms with Crippen LogP contribution in [0.15, 0.2) is 48.5 Å². The second kappa shape index (κ2) is 11.6. The number of nitrogens with zero attached hydrogens (tertiary/aromatic N) is 3. The molecule has 0 amide bonds. The van der Waals surface area contributed by atoms with E-state index in [1.165, 1.54) is 12.1 Å². The topological polar surface area (TPSA) is 45.1 Å². The molecule has 0 saturated carbocycles. The first-order valence-corrected chi connectivity index (χ1v) is 13.8. The van der Waals surface area contributed by atoms with Gasteiger partial charge in [0.05, 0.1) is 43.4 Å². The summed E-state index contributed by atoms with van der Waals surface area (Å²) in [4.78, 5) is 6.33. The molecule has 0 spiro atoms. The normalized spacial score (nSPS) is 16.1. The van der Waals surface area contributed by atoms with Gasteiger partial charge in [0.1, 0.15) is 5.82 Å². The second-order valence-electron chi connectivity index (χ2n) is 9.86. The average molecular weight is 615 g/mol. The highest BCUT2D eigenvalue weighted by atomic mass is 35.5. The smallest absolute Gasteiger partial charge is 0.370 e. The van der Waals surface area contributed by atoms with Crippen LogP contribution >= 0.6 is 34.8 Å². The summed E-state index contributed by atoms with van der Waals surface area (Å²) in [6.07, 6.45) is -3.70. The molecular formula is C28H26Cl3F4N5. The van der Waals surface area contributed by atoms with E-state index in [1.54, 1.807) is 46.8 Å². The molecule has 0 aliphatic carbocycles. The van der Waals surface area contributed by atoms with E-state index in [9.17, 15) is 17.6 Å². The highest BCUT2D eigenvalue weighted by Gasteiger charge is 2.42. The van der Waals surface area contributed by atoms with Crippen LogP contribution in [0.3, 0.4) is 0 Å². The minimum atomic E-state index is -4.25. The van der Waals surface area contributed by atoms with Crippen molar-refractivity contribution in [3.05, 3.63) is 80.5 Å². The Bertz CT molecular complexity index is 1520. The molecule has 2 heterocycles. The van der Waals surface area contributed by atoms with Crippen LogP contribution in [0.25, 0.3) is 11.0 Å². The number of piperidine rings is 1. The summed E-state index contributed by atoms with van der Waals surface area (Å²) in [5.41, 5.74) is 4.01. The average Bonchev–Trinajstić information content (AvgIpc) is 3.21. The zero-order valence-electron chi connectivity index (χ0n) is 21.4. The molecule has 1 unspecified atom stereocenters. The van der Waals surface area contributed by atoms with Crippen molar-refractivity contribution in [2.75, 3.05) is 23.3 Å². The molecule has 2 N–H and O–H groups in total. The van der Waals surface area contributed by atoms with Gasteiger partial charge in [-0.15, -0.1) is 0 Å². The molecule has 1 aliphatic heterocycles. The third-order valence-corrected chi connectivity index (χ3v) is 8.19. The highest BCUT2D eigenvalue weighted by Crippen LogP contribution is 2.40. The molecular weight excluding hydrogens is 589 g/mol. The van der Waals surface area contributed by atoms with Crippen molar-refractivity contribution < 1.29 is 17.6 Å². The summed E-state index contributed by atoms with van der Waals surface area (Å²) in [7, 11) is 1.79. The molecule has 4 aromatic rings. The number of hydrogen-bond acceptors (Lipinski definition) is 4. The number of aryl methyl sites for hydroxylation is 1. The predicted molar refractivity (Wildman–Crippen MR) is 153 cm³/mol. The van der Waals surface area contributed by atoms with Gasteiger partial charge in [-0.1, -0.05) is 53.0 Å². The largest absolute Gasteiger partial charge is 0.393 e. The van der Waals surface area contributed by atoms with Crippen molar-refractivity contribution in [1.82, 2.24) is 14.9 Å². The fourth-order valence-electron chi connectivity index (χ4n) is 4.92. The number of imidazole rings is 1. The number of alkyl halides is 3. The van der Waals surface area contributed by atoms with Crippen molar-refractivity contribution >= 4 is 63.2 Å². The Balaban J connectivity index is 1.37. The summed E-state index contributed by atoms with van der Waals surface area (Å²) in [5, 5.41) is 7.65. The van der Waals surface area contributed by atoms with E-state index in [1.807, 2.05) is 6.07 Å². The maximum absolute atomic E-state index is 13.4. The van der Waals surface area contributed by atoms with Crippen LogP contribution in [0.2, 0.25) is 15.1 Å². The van der Waals surface area contributed by atoms with E-state index < -0.39 is 12.1 Å². The first-order chi connectivity index (χ1) is 19.0. The third-order valence-electron chi connectivity index (χ3n) is 7.14. The SMILES string of the molecule is Cn1c(Nc2c(Cl)ccc(CNCc3ccc(F)cc3)c2Cl)nc2cc(Cl)c(N3CCCC(C(F)(F)F)C3)cc21. The molecule has 12 heteroatoms. The molecule has 212 valence electrons. The summed E-state index contributed by atoms with van der Waals surface area (Å²) in [6.45, 7) is 1.33. The van der Waals surface area contributed by atoms with Crippen LogP contribution in [0, 0.1) is 11.7 Å². The zero-order chi connectivity index (χ0) is 28.6. The fraction of sp³-hybridized carbons (Fsp3) is 0.321. The van der Waals surface area contributed by atoms with Crippen molar-refractivity contribution in [3.63, 3.8) is 0 Å². The molecule has 5 nitrogen and oxygen atoms in total. The van der Waals surface area contributed by atoms with Crippen LogP contribution in [0.4, 0.5) is 34.9 Å². The number of hydrogen-bond donors (Lipinski definition) is 2. The molecule has 1 atom stereocenters. The molecule has 0 radical (unpaired) electrons. The fourth-order valence-corrected chi connectivity index (χ4v) is 5.73. The van der Waals surface area contributed by atoms with Gasteiger partial charge in [-0.25, -0.2) is 9.37 Å². The molecule has 0 bridgehead atoms. The molecule has 40 heavy (non-hydrogen) atoms. The van der Waals surface area contributed by atoms with Crippen molar-refractivity contribution in [1.29, 1.82) is 0 Å². The van der Waals surface area contributed by atoms with E-state index in [4.69, 9.17) is 34.8 Å². The maximum Gasteiger partial charge on any atom is 0.393 e. The van der Waals surface area contributed by atoms with E-state index in [2.05, 4.69) is 15.6 Å². The lowest BCUT2D eigenvalue weighted by molar-refractivity contribution is -0.175. The first kappa shape index (κ1) is 28.8. The summed E-state index contributed by atoms with van der Waals surface area (Å²) >= 11 is 19.7. The van der Waals surface area contributed by atoms with E-state index in [0.717, 1.165) is 11.1 Å². The summed E-state index contributed by atoms with van der Waals surface area (Å²) in [6, 6.07) is 13.2. The van der Waals surface area contributed by atoms with Crippen LogP contribution in [-0.2, 0) is 20.1 Å². The zero-order valence-corrected chi connectivity index (χ0v) is 23.7. The van der Waals surface area contributed by atoms with Gasteiger partial charge in [-0.05, 0) is 54.3 Å². The Labute approximate surface area is 244 Å². The number of aromatic nitrogens is 2. The van der Waals surface area contributed by atoms with Gasteiger partial charge in [0, 0.05) is 33.2 Å². The third kappa shape index (κ3) is 6.12. The molecule has 5 rings (SSSR count). The van der Waals surface area contributed by atoms with Gasteiger partial charge in [-0.3, -0.25) is 0 Å². The van der Waals surface area contributed by atoms with Crippen molar-refractivity contribution in [2.45, 2.75) is 32.1 Å². The van der Waals surface area contributed by atoms with Crippen LogP contribution in [0.5, 0.6) is 0 Å². The van der Waals surface area contributed by atoms with Gasteiger partial charge >= 0.3 is 6.18 Å². The van der Waals surface area contributed by atoms with E-state index in [-0.39, 0.29) is 18.8 Å². The summed E-state index contributed by atoms with van der Waals surface area (Å²) in [5.74, 6) is -1.24. The summed E-state index contributed by atoms with van der Waals surface area (Å²) < 4.78 is 55.1. The highest BCUT2D eigenvalue weighted by molar-refractivity contribution is 6.39. The number of anilines is 3. The van der Waals surface area contributed by atoms with Gasteiger partial charge in [0.25, 0.3) is 0 Å². The van der Waals surface area contributed by atoms with Gasteiger partial charge in [-0.2, -0.15) is 13.2 Å². The Morgan fingerprint density at radius 1 is 1.00 bits per heavy atom. The number of rotatable bonds is 7. The van der Waals surface area contributed by atoms with E-state index in [0.29, 0.717) is 69.5 Å². The minimum Gasteiger partial charge on any atom is -0.370 e. The number of fused-ring (bicyclic) bond motifs is 1. The van der Waals surface area contributed by atoms with Gasteiger partial charge in [0.2, 0.25) is 5.95 Å². The lowest BCUT2D eigenvalue weighted by atomic mass is 9.97. The Morgan fingerprint density at radius 3 is 2.48 bits per heavy atom. The minimum absolute atomic E-state index is 0.113. The Morgan fingerprint density at radius 2 is 1.75 bits per heavy atom. The molecule has 1 aromatic heterocycles. The van der Waals surface area contributed by atoms with E-state index >= 15 is 0 Å². The van der Waals surface area contributed by atoms with Crippen LogP contribution in [-0.4, -0.2) is 28.8 Å². The molecule has 1 aliphatic rings. The van der Waals surface area contributed by atoms with Crippen molar-refractivity contribution in [2.24, 2.45) is 13.0 Å². The van der Waals surface area contributed by atoms with Gasteiger partial charge in [0.15, 0.2) is 0 Å². The van der Waals surface area contributed by atoms with Crippen LogP contribution in [0.1, 0.15) is 24.0 Å². The predicted octanol–water partition coefficient (Wildman–Crippen LogP) is 8.48. The quantitative estimate of drug-likeness (QED) is 0.205. The lowest BCUT2D eigenvalue weighted by Crippen LogP contribution is -2.41. The number of benzene rings is 3. The van der Waals surface area contributed by atoms with Crippen LogP contribution < -0.4 is 15.5 Å². The molecule has 3 aromatic carbocycles. The first-order valence-electron chi connectivity index (χ1n) is 12.7. The number of nitrogens with one attached hydrogen (secondary N) is 2. The monoisotopic (exact) mass is 613 g/mol. The van der Waals surface area contributed by atoms with Gasteiger partial charge < -0.3 is 20.1 Å². The maximum atomic E-state index is 13.4. The Kier molecular flexibility index (Phi) is 8.38. The standard InChI is InChI=1S/C28H26Cl3F4N5/c1-39-24-12-23(40-10-2-3-18(15-40)28(33,34)35)21(30)11-22(24)37-27(39)38-26-20(29)9-6-17(25(26)31)14-36-13-16-4-7-19(32)8-5-16/h4-9,11-12,18,36H,2-3,10,13-15H2,1H3,(H,37,38). The lowest BCUT2D eigenvalue weighted by Gasteiger charge is -2.35. The number of halogens is 7. The second-order valence-corrected chi connectivity index (χ2v) is 11.1. The van der Waals surface area contributed by atoms with Crippen molar-refractivity contribution in [3.8, 4) is 0 Å².